The molecule has 2 heterocycles. The van der Waals surface area contributed by atoms with E-state index in [0.29, 0.717) is 11.9 Å². The van der Waals surface area contributed by atoms with Crippen LogP contribution in [-0.4, -0.2) is 19.7 Å². The maximum atomic E-state index is 6.44. The first-order chi connectivity index (χ1) is 11.7. The van der Waals surface area contributed by atoms with Crippen LogP contribution in [0.1, 0.15) is 43.4 Å². The van der Waals surface area contributed by atoms with Crippen molar-refractivity contribution in [3.8, 4) is 0 Å². The molecule has 24 heavy (non-hydrogen) atoms. The zero-order chi connectivity index (χ0) is 16.7. The Kier molecular flexibility index (Phi) is 3.88. The summed E-state index contributed by atoms with van der Waals surface area (Å²) in [6.45, 7) is 4.95. The summed E-state index contributed by atoms with van der Waals surface area (Å²) >= 11 is 6.44. The molecule has 0 amide bonds. The molecule has 3 aromatic rings. The van der Waals surface area contributed by atoms with Gasteiger partial charge in [0.25, 0.3) is 0 Å². The fourth-order valence-corrected chi connectivity index (χ4v) is 3.49. The Morgan fingerprint density at radius 2 is 2.12 bits per heavy atom. The maximum absolute atomic E-state index is 6.44. The lowest BCUT2D eigenvalue weighted by Crippen LogP contribution is -2.09. The van der Waals surface area contributed by atoms with Gasteiger partial charge in [0.2, 0.25) is 5.95 Å². The normalized spacial score (nSPS) is 14.8. The van der Waals surface area contributed by atoms with E-state index in [1.165, 1.54) is 24.8 Å². The van der Waals surface area contributed by atoms with E-state index < -0.39 is 0 Å². The van der Waals surface area contributed by atoms with E-state index >= 15 is 0 Å². The fourth-order valence-electron chi connectivity index (χ4n) is 3.17. The molecule has 1 aliphatic carbocycles. The first-order valence-electron chi connectivity index (χ1n) is 8.41. The molecule has 5 nitrogen and oxygen atoms in total. The molecule has 2 aromatic heterocycles. The molecule has 0 radical (unpaired) electrons. The molecule has 0 atom stereocenters. The molecule has 1 saturated carbocycles. The van der Waals surface area contributed by atoms with Gasteiger partial charge in [-0.2, -0.15) is 5.10 Å². The summed E-state index contributed by atoms with van der Waals surface area (Å²) in [5, 5.41) is 9.41. The molecule has 4 rings (SSSR count). The van der Waals surface area contributed by atoms with Gasteiger partial charge in [-0.25, -0.2) is 9.97 Å². The lowest BCUT2D eigenvalue weighted by Gasteiger charge is -2.26. The van der Waals surface area contributed by atoms with Crippen LogP contribution in [0.15, 0.2) is 24.5 Å². The second kappa shape index (κ2) is 6.06. The van der Waals surface area contributed by atoms with E-state index in [2.05, 4.69) is 33.4 Å². The largest absolute Gasteiger partial charge is 0.321 e. The number of aryl methyl sites for hydroxylation is 1. The second-order valence-corrected chi connectivity index (χ2v) is 6.75. The van der Waals surface area contributed by atoms with Gasteiger partial charge in [0.1, 0.15) is 0 Å². The highest BCUT2D eigenvalue weighted by molar-refractivity contribution is 6.32. The molecule has 0 aliphatic heterocycles. The van der Waals surface area contributed by atoms with Crippen LogP contribution >= 0.6 is 11.6 Å². The van der Waals surface area contributed by atoms with E-state index in [0.717, 1.165) is 33.9 Å². The number of fused-ring (bicyclic) bond motifs is 1. The summed E-state index contributed by atoms with van der Waals surface area (Å²) < 4.78 is 1.94. The van der Waals surface area contributed by atoms with Crippen molar-refractivity contribution in [1.29, 1.82) is 0 Å². The minimum Gasteiger partial charge on any atom is -0.321 e. The van der Waals surface area contributed by atoms with Crippen molar-refractivity contribution in [2.45, 2.75) is 45.6 Å². The van der Waals surface area contributed by atoms with Crippen molar-refractivity contribution in [3.05, 3.63) is 40.8 Å². The molecule has 1 aromatic carbocycles. The third-order valence-electron chi connectivity index (χ3n) is 4.89. The Morgan fingerprint density at radius 3 is 2.79 bits per heavy atom. The van der Waals surface area contributed by atoms with E-state index in [1.54, 1.807) is 0 Å². The Balaban J connectivity index is 1.68. The standard InChI is InChI=1S/C18H20ClN5/c1-3-24-11(2)17(10-21-24)23-18-20-9-13-7-15(19)14(8-16(13)22-18)12-5-4-6-12/h7-10,12H,3-6H2,1-2H3,(H,20,22,23). The van der Waals surface area contributed by atoms with Gasteiger partial charge >= 0.3 is 0 Å². The summed E-state index contributed by atoms with van der Waals surface area (Å²) in [5.74, 6) is 1.17. The van der Waals surface area contributed by atoms with Crippen molar-refractivity contribution in [1.82, 2.24) is 19.7 Å². The van der Waals surface area contributed by atoms with Gasteiger partial charge in [-0.15, -0.1) is 0 Å². The number of hydrogen-bond acceptors (Lipinski definition) is 4. The number of nitrogens with one attached hydrogen (secondary N) is 1. The summed E-state index contributed by atoms with van der Waals surface area (Å²) in [6.07, 6.45) is 7.36. The average Bonchev–Trinajstić information content (AvgIpc) is 2.87. The van der Waals surface area contributed by atoms with Crippen molar-refractivity contribution < 1.29 is 0 Å². The van der Waals surface area contributed by atoms with Crippen molar-refractivity contribution in [3.63, 3.8) is 0 Å². The number of nitrogens with zero attached hydrogens (tertiary/aromatic N) is 4. The third kappa shape index (κ3) is 2.63. The fraction of sp³-hybridized carbons (Fsp3) is 0.389. The molecule has 0 saturated heterocycles. The van der Waals surface area contributed by atoms with Crippen LogP contribution in [0.3, 0.4) is 0 Å². The van der Waals surface area contributed by atoms with Crippen LogP contribution in [0.4, 0.5) is 11.6 Å². The van der Waals surface area contributed by atoms with Gasteiger partial charge in [-0.3, -0.25) is 4.68 Å². The Labute approximate surface area is 146 Å². The molecule has 1 N–H and O–H groups in total. The van der Waals surface area contributed by atoms with E-state index in [9.17, 15) is 0 Å². The van der Waals surface area contributed by atoms with Crippen LogP contribution in [0.25, 0.3) is 10.9 Å². The Morgan fingerprint density at radius 1 is 1.29 bits per heavy atom. The minimum atomic E-state index is 0.582. The topological polar surface area (TPSA) is 55.6 Å². The van der Waals surface area contributed by atoms with Gasteiger partial charge in [0.15, 0.2) is 0 Å². The lowest BCUT2D eigenvalue weighted by molar-refractivity contribution is 0.420. The molecule has 0 bridgehead atoms. The first-order valence-corrected chi connectivity index (χ1v) is 8.79. The van der Waals surface area contributed by atoms with Crippen molar-refractivity contribution in [2.75, 3.05) is 5.32 Å². The summed E-state index contributed by atoms with van der Waals surface area (Å²) in [7, 11) is 0. The zero-order valence-electron chi connectivity index (χ0n) is 13.9. The van der Waals surface area contributed by atoms with E-state index in [4.69, 9.17) is 11.6 Å². The number of rotatable bonds is 4. The maximum Gasteiger partial charge on any atom is 0.227 e. The van der Waals surface area contributed by atoms with Crippen LogP contribution in [-0.2, 0) is 6.54 Å². The van der Waals surface area contributed by atoms with Gasteiger partial charge in [-0.1, -0.05) is 18.0 Å². The second-order valence-electron chi connectivity index (χ2n) is 6.34. The SMILES string of the molecule is CCn1ncc(Nc2ncc3cc(Cl)c(C4CCC4)cc3n2)c1C. The molecule has 1 fully saturated rings. The third-order valence-corrected chi connectivity index (χ3v) is 5.22. The number of anilines is 2. The number of aromatic nitrogens is 4. The predicted molar refractivity (Wildman–Crippen MR) is 97.1 cm³/mol. The van der Waals surface area contributed by atoms with Crippen molar-refractivity contribution >= 4 is 34.1 Å². The average molecular weight is 342 g/mol. The molecular weight excluding hydrogens is 322 g/mol. The highest BCUT2D eigenvalue weighted by Crippen LogP contribution is 2.40. The van der Waals surface area contributed by atoms with Crippen LogP contribution in [0.2, 0.25) is 5.02 Å². The monoisotopic (exact) mass is 341 g/mol. The number of hydrogen-bond donors (Lipinski definition) is 1. The summed E-state index contributed by atoms with van der Waals surface area (Å²) in [5.41, 5.74) is 4.16. The van der Waals surface area contributed by atoms with Crippen LogP contribution < -0.4 is 5.32 Å². The van der Waals surface area contributed by atoms with Crippen molar-refractivity contribution in [2.24, 2.45) is 0 Å². The quantitative estimate of drug-likeness (QED) is 0.739. The molecule has 124 valence electrons. The van der Waals surface area contributed by atoms with Gasteiger partial charge in [0.05, 0.1) is 23.1 Å². The highest BCUT2D eigenvalue weighted by atomic mass is 35.5. The molecule has 0 spiro atoms. The molecule has 0 unspecified atom stereocenters. The predicted octanol–water partition coefficient (Wildman–Crippen LogP) is 4.82. The molecular formula is C18H20ClN5. The first kappa shape index (κ1) is 15.4. The van der Waals surface area contributed by atoms with Crippen LogP contribution in [0, 0.1) is 6.92 Å². The van der Waals surface area contributed by atoms with Gasteiger partial charge in [0, 0.05) is 23.2 Å². The summed E-state index contributed by atoms with van der Waals surface area (Å²) in [6, 6.07) is 4.10. The van der Waals surface area contributed by atoms with Crippen LogP contribution in [0.5, 0.6) is 0 Å². The summed E-state index contributed by atoms with van der Waals surface area (Å²) in [4.78, 5) is 9.08. The zero-order valence-corrected chi connectivity index (χ0v) is 14.6. The van der Waals surface area contributed by atoms with E-state index in [-0.39, 0.29) is 0 Å². The molecule has 6 heteroatoms. The Bertz CT molecular complexity index is 898. The van der Waals surface area contributed by atoms with Gasteiger partial charge < -0.3 is 5.32 Å². The number of benzene rings is 1. The Hall–Kier alpha value is -2.14. The van der Waals surface area contributed by atoms with Gasteiger partial charge in [-0.05, 0) is 50.3 Å². The van der Waals surface area contributed by atoms with E-state index in [1.807, 2.05) is 30.1 Å². The lowest BCUT2D eigenvalue weighted by atomic mass is 9.80. The number of halogens is 1. The smallest absolute Gasteiger partial charge is 0.227 e. The highest BCUT2D eigenvalue weighted by Gasteiger charge is 2.22. The molecule has 1 aliphatic rings. The minimum absolute atomic E-state index is 0.582.